The van der Waals surface area contributed by atoms with E-state index < -0.39 is 0 Å². The van der Waals surface area contributed by atoms with Gasteiger partial charge < -0.3 is 9.47 Å². The lowest BCUT2D eigenvalue weighted by Crippen LogP contribution is -2.08. The van der Waals surface area contributed by atoms with Crippen LogP contribution in [0.3, 0.4) is 0 Å². The predicted molar refractivity (Wildman–Crippen MR) is 130 cm³/mol. The number of benzene rings is 3. The number of Topliss-reactive ketones (excluding diaryl/α,β-unsaturated/α-hetero) is 1. The molecular weight excluding hydrogens is 434 g/mol. The molecule has 33 heavy (non-hydrogen) atoms. The Morgan fingerprint density at radius 3 is 2.42 bits per heavy atom. The van der Waals surface area contributed by atoms with Crippen molar-refractivity contribution in [2.45, 2.75) is 18.5 Å². The van der Waals surface area contributed by atoms with Crippen LogP contribution in [0.1, 0.15) is 27.3 Å². The quantitative estimate of drug-likeness (QED) is 0.254. The molecule has 0 fully saturated rings. The number of rotatable bonds is 9. The Kier molecular flexibility index (Phi) is 7.10. The Bertz CT molecular complexity index is 1250. The molecule has 0 atom stereocenters. The summed E-state index contributed by atoms with van der Waals surface area (Å²) in [5.41, 5.74) is 3.74. The average Bonchev–Trinajstić information content (AvgIpc) is 3.25. The highest BCUT2D eigenvalue weighted by Gasteiger charge is 2.19. The number of thioether (sulfide) groups is 1. The lowest BCUT2D eigenvalue weighted by Gasteiger charge is -2.13. The van der Waals surface area contributed by atoms with Gasteiger partial charge in [0.05, 0.1) is 31.2 Å². The summed E-state index contributed by atoms with van der Waals surface area (Å²) in [6.45, 7) is 2.06. The molecule has 0 bridgehead atoms. The van der Waals surface area contributed by atoms with Crippen molar-refractivity contribution in [3.05, 3.63) is 95.3 Å². The van der Waals surface area contributed by atoms with Crippen molar-refractivity contribution in [2.75, 3.05) is 20.0 Å². The smallest absolute Gasteiger partial charge is 0.196 e. The zero-order valence-electron chi connectivity index (χ0n) is 18.8. The molecule has 0 radical (unpaired) electrons. The third kappa shape index (κ3) is 5.09. The summed E-state index contributed by atoms with van der Waals surface area (Å²) in [4.78, 5) is 13.1. The molecule has 0 N–H and O–H groups in total. The number of ketones is 1. The minimum absolute atomic E-state index is 0.0697. The van der Waals surface area contributed by atoms with Crippen LogP contribution in [0, 0.1) is 6.92 Å². The number of nitrogens with zero attached hydrogens (tertiary/aromatic N) is 3. The molecule has 0 spiro atoms. The second-order valence-electron chi connectivity index (χ2n) is 7.46. The molecule has 0 aliphatic rings. The van der Waals surface area contributed by atoms with Crippen molar-refractivity contribution in [2.24, 2.45) is 0 Å². The summed E-state index contributed by atoms with van der Waals surface area (Å²) in [7, 11) is 3.13. The Labute approximate surface area is 197 Å². The maximum Gasteiger partial charge on any atom is 0.196 e. The lowest BCUT2D eigenvalue weighted by molar-refractivity contribution is 0.101. The molecule has 7 heteroatoms. The van der Waals surface area contributed by atoms with Gasteiger partial charge in [0.1, 0.15) is 17.3 Å². The Balaban J connectivity index is 1.64. The Morgan fingerprint density at radius 1 is 0.939 bits per heavy atom. The summed E-state index contributed by atoms with van der Waals surface area (Å²) in [6.07, 6.45) is 0.639. The highest BCUT2D eigenvalue weighted by atomic mass is 32.2. The molecule has 1 aromatic heterocycles. The molecular formula is C26H25N3O3S. The van der Waals surface area contributed by atoms with Crippen molar-refractivity contribution in [3.8, 4) is 17.2 Å². The highest BCUT2D eigenvalue weighted by molar-refractivity contribution is 7.99. The fourth-order valence-corrected chi connectivity index (χ4v) is 4.43. The van der Waals surface area contributed by atoms with Crippen molar-refractivity contribution >= 4 is 17.5 Å². The standard InChI is InChI=1S/C26H25N3O3S/c1-18-9-7-8-12-22(18)29-25(15-19-10-5-4-6-11-19)27-28-26(29)33-17-23(30)21-16-20(31-2)13-14-24(21)32-3/h4-14,16H,15,17H2,1-3H3. The predicted octanol–water partition coefficient (Wildman–Crippen LogP) is 5.16. The number of ether oxygens (including phenoxy) is 2. The maximum absolute atomic E-state index is 13.1. The summed E-state index contributed by atoms with van der Waals surface area (Å²) in [6, 6.07) is 23.5. The van der Waals surface area contributed by atoms with Gasteiger partial charge in [-0.25, -0.2) is 0 Å². The maximum atomic E-state index is 13.1. The Morgan fingerprint density at radius 2 is 1.70 bits per heavy atom. The minimum atomic E-state index is -0.0697. The molecule has 0 saturated carbocycles. The number of para-hydroxylation sites is 1. The first-order valence-electron chi connectivity index (χ1n) is 10.5. The van der Waals surface area contributed by atoms with E-state index in [0.717, 1.165) is 22.6 Å². The van der Waals surface area contributed by atoms with E-state index in [-0.39, 0.29) is 11.5 Å². The highest BCUT2D eigenvalue weighted by Crippen LogP contribution is 2.29. The zero-order valence-corrected chi connectivity index (χ0v) is 19.6. The number of hydrogen-bond donors (Lipinski definition) is 0. The van der Waals surface area contributed by atoms with Gasteiger partial charge in [-0.2, -0.15) is 0 Å². The van der Waals surface area contributed by atoms with E-state index in [2.05, 4.69) is 35.3 Å². The van der Waals surface area contributed by atoms with Crippen LogP contribution in [0.2, 0.25) is 0 Å². The van der Waals surface area contributed by atoms with E-state index in [1.54, 1.807) is 32.4 Å². The van der Waals surface area contributed by atoms with Gasteiger partial charge in [0.2, 0.25) is 0 Å². The lowest BCUT2D eigenvalue weighted by atomic mass is 10.1. The van der Waals surface area contributed by atoms with E-state index in [0.29, 0.717) is 28.6 Å². The molecule has 0 aliphatic heterocycles. The number of carbonyl (C=O) groups excluding carboxylic acids is 1. The third-order valence-electron chi connectivity index (χ3n) is 5.30. The number of methoxy groups -OCH3 is 2. The van der Waals surface area contributed by atoms with E-state index in [1.165, 1.54) is 11.8 Å². The van der Waals surface area contributed by atoms with Gasteiger partial charge in [-0.05, 0) is 42.3 Å². The molecule has 4 rings (SSSR count). The van der Waals surface area contributed by atoms with Crippen LogP contribution in [-0.2, 0) is 6.42 Å². The number of aromatic nitrogens is 3. The largest absolute Gasteiger partial charge is 0.497 e. The van der Waals surface area contributed by atoms with Crippen molar-refractivity contribution in [1.82, 2.24) is 14.8 Å². The summed E-state index contributed by atoms with van der Waals surface area (Å²) < 4.78 is 12.7. The van der Waals surface area contributed by atoms with Crippen LogP contribution < -0.4 is 9.47 Å². The van der Waals surface area contributed by atoms with E-state index in [4.69, 9.17) is 9.47 Å². The molecule has 4 aromatic rings. The van der Waals surface area contributed by atoms with Crippen LogP contribution >= 0.6 is 11.8 Å². The minimum Gasteiger partial charge on any atom is -0.497 e. The monoisotopic (exact) mass is 459 g/mol. The van der Waals surface area contributed by atoms with Crippen LogP contribution in [0.4, 0.5) is 0 Å². The van der Waals surface area contributed by atoms with Gasteiger partial charge in [0, 0.05) is 6.42 Å². The normalized spacial score (nSPS) is 10.8. The zero-order chi connectivity index (χ0) is 23.2. The fourth-order valence-electron chi connectivity index (χ4n) is 3.58. The molecule has 6 nitrogen and oxygen atoms in total. The average molecular weight is 460 g/mol. The topological polar surface area (TPSA) is 66.2 Å². The van der Waals surface area contributed by atoms with E-state index in [9.17, 15) is 4.79 Å². The molecule has 0 saturated heterocycles. The third-order valence-corrected chi connectivity index (χ3v) is 6.23. The second-order valence-corrected chi connectivity index (χ2v) is 8.40. The van der Waals surface area contributed by atoms with Crippen LogP contribution in [0.5, 0.6) is 11.5 Å². The second kappa shape index (κ2) is 10.4. The van der Waals surface area contributed by atoms with Gasteiger partial charge in [-0.1, -0.05) is 60.3 Å². The molecule has 3 aromatic carbocycles. The van der Waals surface area contributed by atoms with Crippen LogP contribution in [0.15, 0.2) is 78.0 Å². The van der Waals surface area contributed by atoms with Gasteiger partial charge in [-0.15, -0.1) is 10.2 Å². The van der Waals surface area contributed by atoms with Gasteiger partial charge in [0.25, 0.3) is 0 Å². The molecule has 0 unspecified atom stereocenters. The molecule has 1 heterocycles. The SMILES string of the molecule is COc1ccc(OC)c(C(=O)CSc2nnc(Cc3ccccc3)n2-c2ccccc2C)c1. The van der Waals surface area contributed by atoms with E-state index in [1.807, 2.05) is 41.0 Å². The number of carbonyl (C=O) groups is 1. The number of hydrogen-bond acceptors (Lipinski definition) is 6. The number of aryl methyl sites for hydroxylation is 1. The van der Waals surface area contributed by atoms with Crippen LogP contribution in [-0.4, -0.2) is 40.5 Å². The van der Waals surface area contributed by atoms with Gasteiger partial charge >= 0.3 is 0 Å². The first-order valence-corrected chi connectivity index (χ1v) is 11.5. The molecule has 0 amide bonds. The Hall–Kier alpha value is -3.58. The first-order chi connectivity index (χ1) is 16.1. The summed E-state index contributed by atoms with van der Waals surface area (Å²) >= 11 is 1.36. The molecule has 0 aliphatic carbocycles. The van der Waals surface area contributed by atoms with Gasteiger partial charge in [-0.3, -0.25) is 9.36 Å². The van der Waals surface area contributed by atoms with Crippen molar-refractivity contribution in [3.63, 3.8) is 0 Å². The van der Waals surface area contributed by atoms with Crippen molar-refractivity contribution in [1.29, 1.82) is 0 Å². The van der Waals surface area contributed by atoms with Crippen LogP contribution in [0.25, 0.3) is 5.69 Å². The fraction of sp³-hybridized carbons (Fsp3) is 0.192. The molecule has 168 valence electrons. The van der Waals surface area contributed by atoms with Gasteiger partial charge in [0.15, 0.2) is 10.9 Å². The first kappa shape index (κ1) is 22.6. The van der Waals surface area contributed by atoms with E-state index >= 15 is 0 Å². The van der Waals surface area contributed by atoms with Crippen molar-refractivity contribution < 1.29 is 14.3 Å². The summed E-state index contributed by atoms with van der Waals surface area (Å²) in [5, 5.41) is 9.59. The summed E-state index contributed by atoms with van der Waals surface area (Å²) in [5.74, 6) is 2.08.